The lowest BCUT2D eigenvalue weighted by atomic mass is 10.1. The van der Waals surface area contributed by atoms with Gasteiger partial charge in [-0.2, -0.15) is 5.10 Å². The lowest BCUT2D eigenvalue weighted by Crippen LogP contribution is -2.07. The fraction of sp³-hybridized carbons (Fsp3) is 0.200. The van der Waals surface area contributed by atoms with Crippen LogP contribution in [0.3, 0.4) is 0 Å². The van der Waals surface area contributed by atoms with Gasteiger partial charge >= 0.3 is 0 Å². The highest BCUT2D eigenvalue weighted by molar-refractivity contribution is 6.30. The largest absolute Gasteiger partial charge is 0.493 e. The van der Waals surface area contributed by atoms with Crippen LogP contribution in [0.5, 0.6) is 5.75 Å². The molecule has 0 aliphatic rings. The molecule has 0 spiro atoms. The summed E-state index contributed by atoms with van der Waals surface area (Å²) in [6.07, 6.45) is 3.39. The Hall–Kier alpha value is -3.73. The van der Waals surface area contributed by atoms with Crippen LogP contribution in [0.2, 0.25) is 5.02 Å². The molecule has 12 heteroatoms. The van der Waals surface area contributed by atoms with Crippen LogP contribution < -0.4 is 4.74 Å². The van der Waals surface area contributed by atoms with Gasteiger partial charge in [0.25, 0.3) is 5.09 Å². The quantitative estimate of drug-likeness (QED) is 0.221. The maximum atomic E-state index is 14.3. The van der Waals surface area contributed by atoms with Crippen molar-refractivity contribution in [3.63, 3.8) is 0 Å². The molecule has 9 nitrogen and oxygen atoms in total. The van der Waals surface area contributed by atoms with Crippen LogP contribution in [0, 0.1) is 21.7 Å². The van der Waals surface area contributed by atoms with Gasteiger partial charge in [0, 0.05) is 17.5 Å². The number of hydrogen-bond donors (Lipinski definition) is 1. The summed E-state index contributed by atoms with van der Waals surface area (Å²) in [5.74, 6) is -0.416. The minimum absolute atomic E-state index is 0.146. The van der Waals surface area contributed by atoms with Crippen molar-refractivity contribution >= 4 is 23.1 Å². The molecular weight excluding hydrogens is 450 g/mol. The second-order valence-corrected chi connectivity index (χ2v) is 6.56. The van der Waals surface area contributed by atoms with Crippen molar-refractivity contribution in [2.75, 3.05) is 13.2 Å². The number of ether oxygens (including phenoxy) is 2. The lowest BCUT2D eigenvalue weighted by molar-refractivity contribution is -0.742. The first-order chi connectivity index (χ1) is 15.3. The first-order valence-electron chi connectivity index (χ1n) is 9.13. The second-order valence-electron chi connectivity index (χ2n) is 6.12. The molecule has 2 aromatic carbocycles. The average Bonchev–Trinajstić information content (AvgIpc) is 3.27. The van der Waals surface area contributed by atoms with E-state index in [2.05, 4.69) is 10.1 Å². The van der Waals surface area contributed by atoms with E-state index in [0.29, 0.717) is 29.5 Å². The molecule has 1 heterocycles. The topological polar surface area (TPSA) is 113 Å². The zero-order chi connectivity index (χ0) is 23.5. The van der Waals surface area contributed by atoms with Crippen molar-refractivity contribution in [3.05, 3.63) is 87.5 Å². The third-order valence-corrected chi connectivity index (χ3v) is 4.14. The summed E-state index contributed by atoms with van der Waals surface area (Å²) in [6, 6.07) is 10.4. The Morgan fingerprint density at radius 2 is 1.91 bits per heavy atom. The summed E-state index contributed by atoms with van der Waals surface area (Å²) >= 11 is 5.84. The molecule has 0 atom stereocenters. The lowest BCUT2D eigenvalue weighted by Gasteiger charge is -2.15. The predicted octanol–water partition coefficient (Wildman–Crippen LogP) is 4.69. The summed E-state index contributed by atoms with van der Waals surface area (Å²) in [5.41, 5.74) is 0.676. The molecule has 0 amide bonds. The molecule has 1 N–H and O–H groups in total. The molecule has 0 saturated heterocycles. The van der Waals surface area contributed by atoms with Crippen LogP contribution in [0.25, 0.3) is 11.5 Å². The van der Waals surface area contributed by atoms with Crippen molar-refractivity contribution in [3.8, 4) is 5.75 Å². The minimum Gasteiger partial charge on any atom is -0.493 e. The average molecular weight is 469 g/mol. The van der Waals surface area contributed by atoms with Gasteiger partial charge in [-0.15, -0.1) is 10.1 Å². The molecule has 0 bridgehead atoms. The zero-order valence-electron chi connectivity index (χ0n) is 16.8. The van der Waals surface area contributed by atoms with Gasteiger partial charge in [0.05, 0.1) is 24.5 Å². The highest BCUT2D eigenvalue weighted by Gasteiger charge is 2.15. The maximum absolute atomic E-state index is 14.3. The highest BCUT2D eigenvalue weighted by atomic mass is 35.5. The van der Waals surface area contributed by atoms with Gasteiger partial charge in [-0.3, -0.25) is 0 Å². The van der Waals surface area contributed by atoms with Crippen molar-refractivity contribution in [2.45, 2.75) is 13.3 Å². The number of nitrogens with zero attached hydrogens (tertiary/aromatic N) is 4. The van der Waals surface area contributed by atoms with E-state index in [0.717, 1.165) is 6.07 Å². The maximum Gasteiger partial charge on any atom is 0.291 e. The number of rotatable bonds is 8. The van der Waals surface area contributed by atoms with Crippen molar-refractivity contribution < 1.29 is 28.5 Å². The van der Waals surface area contributed by atoms with Crippen LogP contribution in [-0.2, 0) is 4.74 Å². The highest BCUT2D eigenvalue weighted by Crippen LogP contribution is 2.26. The summed E-state index contributed by atoms with van der Waals surface area (Å²) in [6.45, 7) is 2.39. The molecule has 0 saturated carbocycles. The van der Waals surface area contributed by atoms with Gasteiger partial charge in [0.15, 0.2) is 5.76 Å². The fourth-order valence-corrected chi connectivity index (χ4v) is 2.62. The van der Waals surface area contributed by atoms with E-state index in [1.165, 1.54) is 29.5 Å². The smallest absolute Gasteiger partial charge is 0.291 e. The van der Waals surface area contributed by atoms with E-state index < -0.39 is 16.7 Å². The first-order valence-corrected chi connectivity index (χ1v) is 9.51. The Morgan fingerprint density at radius 1 is 1.22 bits per heavy atom. The number of benzene rings is 2. The molecule has 170 valence electrons. The molecule has 3 aromatic rings. The Bertz CT molecular complexity index is 1040. The number of aromatic nitrogens is 3. The van der Waals surface area contributed by atoms with Gasteiger partial charge in [0.1, 0.15) is 30.0 Å². The van der Waals surface area contributed by atoms with Gasteiger partial charge in [0.2, 0.25) is 0 Å². The van der Waals surface area contributed by atoms with Crippen molar-refractivity contribution in [1.29, 1.82) is 0 Å². The van der Waals surface area contributed by atoms with E-state index >= 15 is 0 Å². The van der Waals surface area contributed by atoms with Gasteiger partial charge in [-0.05, 0) is 43.3 Å². The molecule has 0 unspecified atom stereocenters. The normalized spacial score (nSPS) is 11.1. The summed E-state index contributed by atoms with van der Waals surface area (Å²) in [5, 5.41) is 18.3. The van der Waals surface area contributed by atoms with Crippen LogP contribution in [0.4, 0.5) is 8.78 Å². The number of halogens is 3. The summed E-state index contributed by atoms with van der Waals surface area (Å²) in [4.78, 5) is 12.2. The molecule has 0 fully saturated rings. The Morgan fingerprint density at radius 3 is 2.50 bits per heavy atom. The third-order valence-electron chi connectivity index (χ3n) is 3.88. The van der Waals surface area contributed by atoms with Gasteiger partial charge in [-0.1, -0.05) is 11.6 Å². The minimum atomic E-state index is -1.50. The molecule has 0 radical (unpaired) electrons. The van der Waals surface area contributed by atoms with E-state index in [9.17, 15) is 8.78 Å². The zero-order valence-corrected chi connectivity index (χ0v) is 17.6. The molecule has 32 heavy (non-hydrogen) atoms. The molecule has 0 aliphatic carbocycles. The Labute approximate surface area is 186 Å². The van der Waals surface area contributed by atoms with E-state index in [4.69, 9.17) is 36.4 Å². The van der Waals surface area contributed by atoms with Gasteiger partial charge < -0.3 is 14.7 Å². The monoisotopic (exact) mass is 468 g/mol. The number of hydrogen-bond acceptors (Lipinski definition) is 6. The molecule has 1 aromatic heterocycles. The number of allylic oxidation sites excluding steroid dienone is 1. The standard InChI is InChI=1S/C20H18ClF2N3O2.HNO3/c1-14(26-13-24-12-25-26)20(18-8-5-16(22)11-19(18)23)28-10-2-9-27-17-6-3-15(21)4-7-17;2-1(3)4/h3-8,11-13H,2,9-10H2,1H3;(H,2,3,4)/b20-14-;. The van der Waals surface area contributed by atoms with E-state index in [1.807, 2.05) is 0 Å². The van der Waals surface area contributed by atoms with Gasteiger partial charge in [-0.25, -0.2) is 18.4 Å². The van der Waals surface area contributed by atoms with Crippen LogP contribution in [0.1, 0.15) is 18.9 Å². The summed E-state index contributed by atoms with van der Waals surface area (Å²) in [7, 11) is 0. The fourth-order valence-electron chi connectivity index (χ4n) is 2.49. The van der Waals surface area contributed by atoms with E-state index in [-0.39, 0.29) is 17.9 Å². The van der Waals surface area contributed by atoms with Crippen LogP contribution in [0.15, 0.2) is 55.1 Å². The predicted molar refractivity (Wildman–Crippen MR) is 111 cm³/mol. The van der Waals surface area contributed by atoms with E-state index in [1.54, 1.807) is 31.2 Å². The third kappa shape index (κ3) is 7.84. The first kappa shape index (κ1) is 24.5. The summed E-state index contributed by atoms with van der Waals surface area (Å²) < 4.78 is 40.5. The molecular formula is C20H19ClF2N4O5. The Kier molecular flexibility index (Phi) is 9.36. The van der Waals surface area contributed by atoms with Crippen molar-refractivity contribution in [1.82, 2.24) is 14.8 Å². The van der Waals surface area contributed by atoms with Crippen molar-refractivity contribution in [2.24, 2.45) is 0 Å². The van der Waals surface area contributed by atoms with Crippen LogP contribution in [-0.4, -0.2) is 38.3 Å². The SMILES string of the molecule is C/C(=C(/OCCCOc1ccc(Cl)cc1)c1ccc(F)cc1F)n1cncn1.O=[N+]([O-])O. The second kappa shape index (κ2) is 12.2. The van der Waals surface area contributed by atoms with Crippen LogP contribution >= 0.6 is 11.6 Å². The molecule has 0 aliphatic heterocycles. The Balaban J connectivity index is 0.000000837. The molecule has 3 rings (SSSR count).